The predicted octanol–water partition coefficient (Wildman–Crippen LogP) is 5.51. The van der Waals surface area contributed by atoms with E-state index in [2.05, 4.69) is 0 Å². The van der Waals surface area contributed by atoms with Gasteiger partial charge >= 0.3 is 0 Å². The number of hydrogen-bond donors (Lipinski definition) is 0. The van der Waals surface area contributed by atoms with Crippen LogP contribution in [0, 0.1) is 0 Å². The summed E-state index contributed by atoms with van der Waals surface area (Å²) in [5, 5.41) is 1.15. The summed E-state index contributed by atoms with van der Waals surface area (Å²) in [6, 6.07) is 1.59. The molecule has 0 heterocycles. The minimum atomic E-state index is -1.74. The summed E-state index contributed by atoms with van der Waals surface area (Å²) in [7, 11) is -1.74. The fourth-order valence-corrected chi connectivity index (χ4v) is 2.66. The van der Waals surface area contributed by atoms with Crippen LogP contribution in [0.15, 0.2) is 6.07 Å². The highest BCUT2D eigenvalue weighted by Gasteiger charge is 2.21. The van der Waals surface area contributed by atoms with Gasteiger partial charge in [-0.25, -0.2) is 0 Å². The van der Waals surface area contributed by atoms with E-state index < -0.39 is 8.32 Å². The molecule has 1 nitrogen and oxygen atoms in total. The Morgan fingerprint density at radius 1 is 0.933 bits per heavy atom. The smallest absolute Gasteiger partial charge is 0.242 e. The van der Waals surface area contributed by atoms with E-state index in [1.54, 1.807) is 6.07 Å². The molecule has 0 bridgehead atoms. The maximum atomic E-state index is 6.00. The zero-order valence-corrected chi connectivity index (χ0v) is 12.5. The Labute approximate surface area is 110 Å². The molecule has 0 saturated carbocycles. The molecule has 1 aromatic rings. The molecule has 0 aromatic heterocycles. The molecule has 1 rings (SSSR count). The van der Waals surface area contributed by atoms with Crippen LogP contribution in [0.2, 0.25) is 39.7 Å². The molecule has 15 heavy (non-hydrogen) atoms. The molecule has 0 spiro atoms. The highest BCUT2D eigenvalue weighted by atomic mass is 35.5. The number of hydrogen-bond acceptors (Lipinski definition) is 1. The van der Waals surface area contributed by atoms with Crippen LogP contribution >= 0.6 is 46.4 Å². The Balaban J connectivity index is 3.21. The minimum absolute atomic E-state index is 0.235. The maximum Gasteiger partial charge on any atom is 0.242 e. The summed E-state index contributed by atoms with van der Waals surface area (Å²) in [5.74, 6) is 0.496. The lowest BCUT2D eigenvalue weighted by Gasteiger charge is -2.21. The van der Waals surface area contributed by atoms with Crippen molar-refractivity contribution in [2.45, 2.75) is 19.6 Å². The quantitative estimate of drug-likeness (QED) is 0.397. The SMILES string of the molecule is C[Si](C)(C)Oc1cc(Cl)c(Cl)c(Cl)c1Cl. The average Bonchev–Trinajstić information content (AvgIpc) is 2.08. The van der Waals surface area contributed by atoms with Gasteiger partial charge in [0.05, 0.1) is 15.1 Å². The third-order valence-corrected chi connectivity index (χ3v) is 4.05. The summed E-state index contributed by atoms with van der Waals surface area (Å²) < 4.78 is 5.73. The molecule has 0 aliphatic carbocycles. The summed E-state index contributed by atoms with van der Waals surface area (Å²) >= 11 is 23.6. The molecule has 0 aliphatic rings. The Bertz CT molecular complexity index is 387. The van der Waals surface area contributed by atoms with Crippen molar-refractivity contribution in [2.24, 2.45) is 0 Å². The van der Waals surface area contributed by atoms with Crippen LogP contribution in [0.1, 0.15) is 0 Å². The monoisotopic (exact) mass is 302 g/mol. The van der Waals surface area contributed by atoms with E-state index in [1.807, 2.05) is 19.6 Å². The van der Waals surface area contributed by atoms with Gasteiger partial charge in [0.1, 0.15) is 10.8 Å². The first kappa shape index (κ1) is 13.5. The Hall–Kier alpha value is 0.397. The van der Waals surface area contributed by atoms with Crippen LogP contribution in [0.5, 0.6) is 5.75 Å². The second-order valence-electron chi connectivity index (χ2n) is 4.01. The molecule has 0 aliphatic heterocycles. The average molecular weight is 304 g/mol. The molecule has 0 N–H and O–H groups in total. The van der Waals surface area contributed by atoms with Gasteiger partial charge in [-0.3, -0.25) is 0 Å². The number of halogens is 4. The van der Waals surface area contributed by atoms with Gasteiger partial charge in [-0.05, 0) is 19.6 Å². The molecule has 0 atom stereocenters. The van der Waals surface area contributed by atoms with E-state index in [-0.39, 0.29) is 10.0 Å². The fourth-order valence-electron chi connectivity index (χ4n) is 0.955. The molecule has 1 aromatic carbocycles. The Morgan fingerprint density at radius 3 is 1.93 bits per heavy atom. The first-order chi connectivity index (χ1) is 6.72. The van der Waals surface area contributed by atoms with E-state index in [1.165, 1.54) is 0 Å². The van der Waals surface area contributed by atoms with E-state index in [9.17, 15) is 0 Å². The van der Waals surface area contributed by atoms with Gasteiger partial charge in [-0.2, -0.15) is 0 Å². The lowest BCUT2D eigenvalue weighted by atomic mass is 10.3. The highest BCUT2D eigenvalue weighted by molar-refractivity contribution is 6.70. The van der Waals surface area contributed by atoms with Crippen molar-refractivity contribution in [2.75, 3.05) is 0 Å². The predicted molar refractivity (Wildman–Crippen MR) is 70.5 cm³/mol. The van der Waals surface area contributed by atoms with Crippen molar-refractivity contribution in [1.29, 1.82) is 0 Å². The molecule has 6 heteroatoms. The standard InChI is InChI=1S/C9H10Cl4OSi/c1-15(2,3)14-6-4-5(10)7(11)9(13)8(6)12/h4H,1-3H3. The molecular formula is C9H10Cl4OSi. The Kier molecular flexibility index (Phi) is 4.24. The van der Waals surface area contributed by atoms with Crippen LogP contribution in [0.25, 0.3) is 0 Å². The van der Waals surface area contributed by atoms with Gasteiger partial charge in [0.25, 0.3) is 0 Å². The van der Waals surface area contributed by atoms with Crippen molar-refractivity contribution in [3.63, 3.8) is 0 Å². The zero-order chi connectivity index (χ0) is 11.8. The van der Waals surface area contributed by atoms with Crippen molar-refractivity contribution < 1.29 is 4.43 Å². The van der Waals surface area contributed by atoms with Crippen molar-refractivity contribution in [1.82, 2.24) is 0 Å². The third-order valence-electron chi connectivity index (χ3n) is 1.49. The van der Waals surface area contributed by atoms with E-state index in [0.29, 0.717) is 15.8 Å². The topological polar surface area (TPSA) is 9.23 Å². The highest BCUT2D eigenvalue weighted by Crippen LogP contribution is 2.42. The molecular weight excluding hydrogens is 294 g/mol. The molecule has 0 saturated heterocycles. The molecule has 84 valence electrons. The van der Waals surface area contributed by atoms with Crippen LogP contribution in [-0.2, 0) is 0 Å². The number of benzene rings is 1. The van der Waals surface area contributed by atoms with Gasteiger partial charge in [-0.1, -0.05) is 46.4 Å². The maximum absolute atomic E-state index is 6.00. The number of rotatable bonds is 2. The van der Waals surface area contributed by atoms with E-state index in [4.69, 9.17) is 50.8 Å². The summed E-state index contributed by atoms with van der Waals surface area (Å²) in [4.78, 5) is 0. The second kappa shape index (κ2) is 4.72. The van der Waals surface area contributed by atoms with Crippen LogP contribution in [0.4, 0.5) is 0 Å². The molecule has 0 radical (unpaired) electrons. The summed E-state index contributed by atoms with van der Waals surface area (Å²) in [5.41, 5.74) is 0. The second-order valence-corrected chi connectivity index (χ2v) is 9.98. The molecule has 0 fully saturated rings. The van der Waals surface area contributed by atoms with E-state index >= 15 is 0 Å². The zero-order valence-electron chi connectivity index (χ0n) is 8.50. The van der Waals surface area contributed by atoms with Gasteiger partial charge < -0.3 is 4.43 Å². The first-order valence-corrected chi connectivity index (χ1v) is 9.16. The van der Waals surface area contributed by atoms with Crippen LogP contribution in [0.3, 0.4) is 0 Å². The van der Waals surface area contributed by atoms with Crippen LogP contribution < -0.4 is 4.43 Å². The van der Waals surface area contributed by atoms with Crippen LogP contribution in [-0.4, -0.2) is 8.32 Å². The van der Waals surface area contributed by atoms with Crippen molar-refractivity contribution in [3.05, 3.63) is 26.2 Å². The minimum Gasteiger partial charge on any atom is -0.543 e. The largest absolute Gasteiger partial charge is 0.543 e. The normalized spacial score (nSPS) is 11.7. The third kappa shape index (κ3) is 3.43. The molecule has 0 amide bonds. The first-order valence-electron chi connectivity index (χ1n) is 4.24. The van der Waals surface area contributed by atoms with Gasteiger partial charge in [0.2, 0.25) is 8.32 Å². The summed E-state index contributed by atoms with van der Waals surface area (Å²) in [6.07, 6.45) is 0. The van der Waals surface area contributed by atoms with Gasteiger partial charge in [0.15, 0.2) is 0 Å². The van der Waals surface area contributed by atoms with Gasteiger partial charge in [0, 0.05) is 6.07 Å². The van der Waals surface area contributed by atoms with Crippen molar-refractivity contribution in [3.8, 4) is 5.75 Å². The lowest BCUT2D eigenvalue weighted by molar-refractivity contribution is 0.558. The van der Waals surface area contributed by atoms with E-state index in [0.717, 1.165) is 0 Å². The van der Waals surface area contributed by atoms with Gasteiger partial charge in [-0.15, -0.1) is 0 Å². The lowest BCUT2D eigenvalue weighted by Crippen LogP contribution is -2.29. The van der Waals surface area contributed by atoms with Crippen molar-refractivity contribution >= 4 is 54.7 Å². The Morgan fingerprint density at radius 2 is 1.47 bits per heavy atom. The fraction of sp³-hybridized carbons (Fsp3) is 0.333. The summed E-state index contributed by atoms with van der Waals surface area (Å²) in [6.45, 7) is 6.12. The molecule has 0 unspecified atom stereocenters.